The highest BCUT2D eigenvalue weighted by Crippen LogP contribution is 2.31. The Hall–Kier alpha value is -4.16. The second-order valence-electron chi connectivity index (χ2n) is 8.51. The number of nitrogens with one attached hydrogen (secondary N) is 2. The molecular weight excluding hydrogens is 434 g/mol. The molecule has 0 bridgehead atoms. The summed E-state index contributed by atoms with van der Waals surface area (Å²) in [4.78, 5) is 30.1. The highest BCUT2D eigenvalue weighted by Gasteiger charge is 2.31. The lowest BCUT2D eigenvalue weighted by Crippen LogP contribution is -2.49. The van der Waals surface area contributed by atoms with Crippen LogP contribution in [0.2, 0.25) is 0 Å². The Balaban J connectivity index is 1.46. The number of aromatic amines is 1. The minimum absolute atomic E-state index is 0.0207. The quantitative estimate of drug-likeness (QED) is 0.511. The molecule has 4 rings (SSSR count). The molecule has 2 aromatic carbocycles. The summed E-state index contributed by atoms with van der Waals surface area (Å²) in [5, 5.41) is 20.5. The van der Waals surface area contributed by atoms with Crippen LogP contribution < -0.4 is 15.0 Å². The molecule has 0 aliphatic carbocycles. The third-order valence-electron chi connectivity index (χ3n) is 5.14. The number of benzene rings is 2. The average molecular weight is 460 g/mol. The molecule has 174 valence electrons. The molecule has 0 unspecified atom stereocenters. The Morgan fingerprint density at radius 1 is 1.26 bits per heavy atom. The number of rotatable bonds is 4. The third kappa shape index (κ3) is 5.42. The molecule has 3 N–H and O–H groups in total. The second-order valence-corrected chi connectivity index (χ2v) is 8.51. The number of fused-ring (bicyclic) bond motifs is 1. The van der Waals surface area contributed by atoms with E-state index in [0.29, 0.717) is 29.2 Å². The van der Waals surface area contributed by atoms with Crippen LogP contribution in [0.5, 0.6) is 5.75 Å². The predicted octanol–water partition coefficient (Wildman–Crippen LogP) is 1.67. The number of hydrogen-bond acceptors (Lipinski definition) is 6. The molecule has 0 radical (unpaired) electrons. The maximum absolute atomic E-state index is 13.1. The Morgan fingerprint density at radius 3 is 2.76 bits per heavy atom. The van der Waals surface area contributed by atoms with Crippen LogP contribution in [-0.4, -0.2) is 57.4 Å². The largest absolute Gasteiger partial charge is 0.489 e. The molecule has 34 heavy (non-hydrogen) atoms. The summed E-state index contributed by atoms with van der Waals surface area (Å²) in [6.07, 6.45) is 0.503. The summed E-state index contributed by atoms with van der Waals surface area (Å²) in [7, 11) is 1.61. The molecule has 0 saturated carbocycles. The van der Waals surface area contributed by atoms with Crippen LogP contribution in [0.25, 0.3) is 0 Å². The van der Waals surface area contributed by atoms with Crippen LogP contribution >= 0.6 is 0 Å². The fourth-order valence-corrected chi connectivity index (χ4v) is 3.40. The van der Waals surface area contributed by atoms with Crippen molar-refractivity contribution in [2.45, 2.75) is 31.9 Å². The van der Waals surface area contributed by atoms with Crippen molar-refractivity contribution in [3.63, 3.8) is 0 Å². The summed E-state index contributed by atoms with van der Waals surface area (Å²) >= 11 is 0. The van der Waals surface area contributed by atoms with E-state index in [1.807, 2.05) is 30.3 Å². The molecule has 1 aliphatic rings. The highest BCUT2D eigenvalue weighted by molar-refractivity contribution is 6.02. The highest BCUT2D eigenvalue weighted by atomic mass is 16.5. The maximum atomic E-state index is 13.1. The molecular formula is C25H25N5O4. The molecule has 0 fully saturated rings. The standard InChI is InChI=1S/C25H25N5O4/c1-25(2,33)12-11-17-9-10-20-19(13-17)30(3)24(32)18(15-34-20)26-23(31)22-27-21(28-29-22)14-16-7-5-4-6-8-16/h4-10,13,18,33H,14-15H2,1-3H3,(H,26,31)(H,27,28,29)/t18-/m0/s1. The first kappa shape index (κ1) is 23.0. The zero-order valence-corrected chi connectivity index (χ0v) is 19.1. The number of hydrogen-bond donors (Lipinski definition) is 3. The number of carbonyl (C=O) groups excluding carboxylic acids is 2. The molecule has 3 aromatic rings. The Morgan fingerprint density at radius 2 is 2.03 bits per heavy atom. The van der Waals surface area contributed by atoms with Gasteiger partial charge in [0.15, 0.2) is 0 Å². The first-order valence-corrected chi connectivity index (χ1v) is 10.8. The van der Waals surface area contributed by atoms with Crippen LogP contribution in [0.1, 0.15) is 41.4 Å². The van der Waals surface area contributed by atoms with Crippen LogP contribution in [0.3, 0.4) is 0 Å². The van der Waals surface area contributed by atoms with Crippen molar-refractivity contribution in [2.75, 3.05) is 18.6 Å². The van der Waals surface area contributed by atoms with Crippen molar-refractivity contribution in [3.05, 3.63) is 71.3 Å². The van der Waals surface area contributed by atoms with Gasteiger partial charge in [-0.2, -0.15) is 0 Å². The van der Waals surface area contributed by atoms with Gasteiger partial charge in [-0.3, -0.25) is 9.59 Å². The van der Waals surface area contributed by atoms with Gasteiger partial charge in [0.2, 0.25) is 5.82 Å². The lowest BCUT2D eigenvalue weighted by molar-refractivity contribution is -0.120. The number of nitrogens with zero attached hydrogens (tertiary/aromatic N) is 3. The van der Waals surface area contributed by atoms with Gasteiger partial charge in [-0.25, -0.2) is 0 Å². The lowest BCUT2D eigenvalue weighted by atomic mass is 10.1. The fraction of sp³-hybridized carbons (Fsp3) is 0.280. The topological polar surface area (TPSA) is 120 Å². The molecule has 0 spiro atoms. The van der Waals surface area contributed by atoms with Gasteiger partial charge < -0.3 is 25.0 Å². The van der Waals surface area contributed by atoms with E-state index in [4.69, 9.17) is 4.74 Å². The van der Waals surface area contributed by atoms with Gasteiger partial charge in [-0.15, -0.1) is 10.2 Å². The first-order chi connectivity index (χ1) is 16.2. The van der Waals surface area contributed by atoms with E-state index >= 15 is 0 Å². The summed E-state index contributed by atoms with van der Waals surface area (Å²) in [6, 6.07) is 13.9. The van der Waals surface area contributed by atoms with Gasteiger partial charge >= 0.3 is 0 Å². The smallest absolute Gasteiger partial charge is 0.289 e. The van der Waals surface area contributed by atoms with Crippen LogP contribution in [0, 0.1) is 11.8 Å². The van der Waals surface area contributed by atoms with Crippen molar-refractivity contribution in [1.29, 1.82) is 0 Å². The van der Waals surface area contributed by atoms with Gasteiger partial charge in [0.1, 0.15) is 29.8 Å². The van der Waals surface area contributed by atoms with Gasteiger partial charge in [0.05, 0.1) is 5.69 Å². The zero-order chi connectivity index (χ0) is 24.3. The molecule has 0 saturated heterocycles. The van der Waals surface area contributed by atoms with Crippen LogP contribution in [0.15, 0.2) is 48.5 Å². The Bertz CT molecular complexity index is 1270. The Kier molecular flexibility index (Phi) is 6.34. The van der Waals surface area contributed by atoms with E-state index < -0.39 is 17.6 Å². The van der Waals surface area contributed by atoms with Crippen molar-refractivity contribution in [1.82, 2.24) is 20.5 Å². The van der Waals surface area contributed by atoms with Gasteiger partial charge in [-0.05, 0) is 37.6 Å². The van der Waals surface area contributed by atoms with Crippen molar-refractivity contribution < 1.29 is 19.4 Å². The molecule has 1 aliphatic heterocycles. The number of aliphatic hydroxyl groups is 1. The first-order valence-electron chi connectivity index (χ1n) is 10.8. The zero-order valence-electron chi connectivity index (χ0n) is 19.1. The Labute approximate surface area is 197 Å². The second kappa shape index (κ2) is 9.37. The van der Waals surface area contributed by atoms with Gasteiger partial charge in [0.25, 0.3) is 11.8 Å². The summed E-state index contributed by atoms with van der Waals surface area (Å²) in [6.45, 7) is 3.14. The normalized spacial score (nSPS) is 15.5. The minimum atomic E-state index is -1.14. The SMILES string of the molecule is CN1C(=O)[C@@H](NC(=O)c2nnc(Cc3ccccc3)[nH]2)COc2ccc(C#CC(C)(C)O)cc21. The van der Waals surface area contributed by atoms with Crippen molar-refractivity contribution in [3.8, 4) is 17.6 Å². The van der Waals surface area contributed by atoms with Gasteiger partial charge in [0, 0.05) is 19.0 Å². The number of likely N-dealkylation sites (N-methyl/N-ethyl adjacent to an activating group) is 1. The van der Waals surface area contributed by atoms with E-state index in [9.17, 15) is 14.7 Å². The van der Waals surface area contributed by atoms with Crippen molar-refractivity contribution in [2.24, 2.45) is 0 Å². The monoisotopic (exact) mass is 459 g/mol. The van der Waals surface area contributed by atoms with E-state index in [1.54, 1.807) is 39.1 Å². The predicted molar refractivity (Wildman–Crippen MR) is 125 cm³/mol. The number of H-pyrrole nitrogens is 1. The molecule has 9 heteroatoms. The maximum Gasteiger partial charge on any atom is 0.289 e. The average Bonchev–Trinajstić information content (AvgIpc) is 3.24. The van der Waals surface area contributed by atoms with E-state index in [0.717, 1.165) is 5.56 Å². The van der Waals surface area contributed by atoms with Crippen LogP contribution in [-0.2, 0) is 11.2 Å². The number of ether oxygens (including phenoxy) is 1. The number of anilines is 1. The number of carbonyl (C=O) groups is 2. The van der Waals surface area contributed by atoms with E-state index in [-0.39, 0.29) is 18.3 Å². The number of aromatic nitrogens is 3. The van der Waals surface area contributed by atoms with Crippen molar-refractivity contribution >= 4 is 17.5 Å². The molecule has 1 atom stereocenters. The minimum Gasteiger partial charge on any atom is -0.489 e. The lowest BCUT2D eigenvalue weighted by Gasteiger charge is -2.20. The molecule has 2 heterocycles. The number of amides is 2. The summed E-state index contributed by atoms with van der Waals surface area (Å²) in [5.74, 6) is 5.80. The third-order valence-corrected chi connectivity index (χ3v) is 5.14. The van der Waals surface area contributed by atoms with E-state index in [2.05, 4.69) is 32.3 Å². The van der Waals surface area contributed by atoms with Gasteiger partial charge in [-0.1, -0.05) is 42.2 Å². The molecule has 2 amide bonds. The summed E-state index contributed by atoms with van der Waals surface area (Å²) < 4.78 is 5.80. The molecule has 1 aromatic heterocycles. The van der Waals surface area contributed by atoms with E-state index in [1.165, 1.54) is 4.90 Å². The summed E-state index contributed by atoms with van der Waals surface area (Å²) in [5.41, 5.74) is 1.04. The molecule has 9 nitrogen and oxygen atoms in total. The fourth-order valence-electron chi connectivity index (χ4n) is 3.40. The van der Waals surface area contributed by atoms with Crippen LogP contribution in [0.4, 0.5) is 5.69 Å².